The average molecular weight is 524 g/mol. The van der Waals surface area contributed by atoms with Gasteiger partial charge in [-0.3, -0.25) is 9.59 Å². The van der Waals surface area contributed by atoms with Gasteiger partial charge in [-0.15, -0.1) is 0 Å². The molecule has 0 spiro atoms. The quantitative estimate of drug-likeness (QED) is 0.154. The maximum absolute atomic E-state index is 12.4. The SMILES string of the molecule is Cc1ccccc1NC(=O)C(C)NCCCCOc1cc(CNC(=O)CCCC/C=C/C(C)C)ccc1O. The molecule has 2 amide bonds. The predicted octanol–water partition coefficient (Wildman–Crippen LogP) is 5.87. The van der Waals surface area contributed by atoms with E-state index in [0.29, 0.717) is 37.8 Å². The van der Waals surface area contributed by atoms with Crippen molar-refractivity contribution in [2.75, 3.05) is 18.5 Å². The van der Waals surface area contributed by atoms with E-state index in [4.69, 9.17) is 4.74 Å². The molecule has 2 rings (SSSR count). The molecule has 0 aliphatic rings. The molecule has 2 aromatic rings. The van der Waals surface area contributed by atoms with Crippen LogP contribution in [0.5, 0.6) is 11.5 Å². The monoisotopic (exact) mass is 523 g/mol. The number of hydrogen-bond donors (Lipinski definition) is 4. The number of anilines is 1. The summed E-state index contributed by atoms with van der Waals surface area (Å²) in [6.45, 7) is 9.64. The lowest BCUT2D eigenvalue weighted by atomic mass is 10.1. The highest BCUT2D eigenvalue weighted by molar-refractivity contribution is 5.95. The number of phenols is 1. The number of unbranched alkanes of at least 4 members (excludes halogenated alkanes) is 3. The molecular weight excluding hydrogens is 478 g/mol. The van der Waals surface area contributed by atoms with Crippen LogP contribution in [0.25, 0.3) is 0 Å². The second kappa shape index (κ2) is 17.2. The smallest absolute Gasteiger partial charge is 0.241 e. The summed E-state index contributed by atoms with van der Waals surface area (Å²) in [5.74, 6) is 1.01. The van der Waals surface area contributed by atoms with Crippen molar-refractivity contribution in [3.63, 3.8) is 0 Å². The molecule has 0 fully saturated rings. The molecule has 38 heavy (non-hydrogen) atoms. The van der Waals surface area contributed by atoms with Crippen LogP contribution >= 0.6 is 0 Å². The molecule has 7 nitrogen and oxygen atoms in total. The van der Waals surface area contributed by atoms with Crippen LogP contribution in [0.3, 0.4) is 0 Å². The predicted molar refractivity (Wildman–Crippen MR) is 154 cm³/mol. The lowest BCUT2D eigenvalue weighted by molar-refractivity contribution is -0.121. The molecule has 0 heterocycles. The van der Waals surface area contributed by atoms with E-state index in [-0.39, 0.29) is 23.6 Å². The molecule has 7 heteroatoms. The molecule has 0 saturated carbocycles. The molecule has 0 aromatic heterocycles. The number of carbonyl (C=O) groups is 2. The Labute approximate surface area is 228 Å². The number of phenolic OH excluding ortho intramolecular Hbond substituents is 1. The topological polar surface area (TPSA) is 99.7 Å². The fourth-order valence-electron chi connectivity index (χ4n) is 3.76. The number of hydrogen-bond acceptors (Lipinski definition) is 5. The van der Waals surface area contributed by atoms with Gasteiger partial charge in [-0.05, 0) is 87.7 Å². The van der Waals surface area contributed by atoms with E-state index in [1.807, 2.05) is 38.1 Å². The summed E-state index contributed by atoms with van der Waals surface area (Å²) in [6.07, 6.45) is 9.35. The van der Waals surface area contributed by atoms with Crippen LogP contribution in [-0.2, 0) is 16.1 Å². The Hall–Kier alpha value is -3.32. The van der Waals surface area contributed by atoms with E-state index in [1.165, 1.54) is 0 Å². The summed E-state index contributed by atoms with van der Waals surface area (Å²) in [4.78, 5) is 24.5. The van der Waals surface area contributed by atoms with Crippen LogP contribution < -0.4 is 20.7 Å². The fraction of sp³-hybridized carbons (Fsp3) is 0.484. The minimum atomic E-state index is -0.312. The fourth-order valence-corrected chi connectivity index (χ4v) is 3.76. The maximum atomic E-state index is 12.4. The maximum Gasteiger partial charge on any atom is 0.241 e. The van der Waals surface area contributed by atoms with Gasteiger partial charge >= 0.3 is 0 Å². The number of allylic oxidation sites excluding steroid dienone is 2. The Morgan fingerprint density at radius 1 is 1.03 bits per heavy atom. The molecule has 4 N–H and O–H groups in total. The number of aromatic hydroxyl groups is 1. The van der Waals surface area contributed by atoms with E-state index >= 15 is 0 Å². The van der Waals surface area contributed by atoms with E-state index < -0.39 is 0 Å². The van der Waals surface area contributed by atoms with Crippen LogP contribution in [0.2, 0.25) is 0 Å². The first-order valence-corrected chi connectivity index (χ1v) is 13.7. The number of carbonyl (C=O) groups excluding carboxylic acids is 2. The van der Waals surface area contributed by atoms with Crippen molar-refractivity contribution in [3.05, 3.63) is 65.7 Å². The van der Waals surface area contributed by atoms with E-state index in [9.17, 15) is 14.7 Å². The second-order valence-corrected chi connectivity index (χ2v) is 10.0. The highest BCUT2D eigenvalue weighted by Crippen LogP contribution is 2.27. The first-order valence-electron chi connectivity index (χ1n) is 13.7. The van der Waals surface area contributed by atoms with Gasteiger partial charge in [-0.1, -0.05) is 50.3 Å². The number of para-hydroxylation sites is 1. The van der Waals surface area contributed by atoms with Crippen molar-refractivity contribution in [1.82, 2.24) is 10.6 Å². The van der Waals surface area contributed by atoms with Gasteiger partial charge in [-0.25, -0.2) is 0 Å². The molecule has 0 aliphatic carbocycles. The second-order valence-electron chi connectivity index (χ2n) is 10.0. The van der Waals surface area contributed by atoms with E-state index in [0.717, 1.165) is 48.9 Å². The molecule has 0 aliphatic heterocycles. The van der Waals surface area contributed by atoms with Gasteiger partial charge in [0.05, 0.1) is 12.6 Å². The first-order chi connectivity index (χ1) is 18.3. The largest absolute Gasteiger partial charge is 0.504 e. The van der Waals surface area contributed by atoms with Crippen LogP contribution in [0.4, 0.5) is 5.69 Å². The number of rotatable bonds is 17. The van der Waals surface area contributed by atoms with Gasteiger partial charge in [0.25, 0.3) is 0 Å². The van der Waals surface area contributed by atoms with Crippen molar-refractivity contribution < 1.29 is 19.4 Å². The zero-order valence-corrected chi connectivity index (χ0v) is 23.4. The molecule has 1 unspecified atom stereocenters. The van der Waals surface area contributed by atoms with Crippen molar-refractivity contribution in [2.45, 2.75) is 78.8 Å². The number of aryl methyl sites for hydroxylation is 1. The summed E-state index contributed by atoms with van der Waals surface area (Å²) >= 11 is 0. The molecule has 0 saturated heterocycles. The minimum Gasteiger partial charge on any atom is -0.504 e. The van der Waals surface area contributed by atoms with Crippen molar-refractivity contribution in [2.24, 2.45) is 5.92 Å². The lowest BCUT2D eigenvalue weighted by Gasteiger charge is -2.15. The van der Waals surface area contributed by atoms with Crippen LogP contribution in [-0.4, -0.2) is 36.1 Å². The number of amides is 2. The van der Waals surface area contributed by atoms with Gasteiger partial charge in [0.15, 0.2) is 11.5 Å². The molecule has 2 aromatic carbocycles. The standard InChI is InChI=1S/C31H45N3O4/c1-23(2)13-7-5-6-8-16-30(36)33-22-26-17-18-28(35)29(21-26)38-20-12-11-19-32-25(4)31(37)34-27-15-10-9-14-24(27)3/h7,9-10,13-15,17-18,21,23,25,32,35H,5-6,8,11-12,16,19-20,22H2,1-4H3,(H,33,36)(H,34,37)/b13-7+. The zero-order chi connectivity index (χ0) is 27.8. The third-order valence-electron chi connectivity index (χ3n) is 6.13. The van der Waals surface area contributed by atoms with E-state index in [2.05, 4.69) is 41.9 Å². The molecule has 0 bridgehead atoms. The Morgan fingerprint density at radius 3 is 2.58 bits per heavy atom. The highest BCUT2D eigenvalue weighted by Gasteiger charge is 2.13. The van der Waals surface area contributed by atoms with Gasteiger partial charge in [0.1, 0.15) is 0 Å². The third kappa shape index (κ3) is 12.3. The summed E-state index contributed by atoms with van der Waals surface area (Å²) in [5.41, 5.74) is 2.73. The molecule has 1 atom stereocenters. The Morgan fingerprint density at radius 2 is 1.82 bits per heavy atom. The lowest BCUT2D eigenvalue weighted by Crippen LogP contribution is -2.38. The van der Waals surface area contributed by atoms with Gasteiger partial charge in [0.2, 0.25) is 11.8 Å². The summed E-state index contributed by atoms with van der Waals surface area (Å²) in [7, 11) is 0. The van der Waals surface area contributed by atoms with Crippen molar-refractivity contribution in [3.8, 4) is 11.5 Å². The Balaban J connectivity index is 1.62. The summed E-state index contributed by atoms with van der Waals surface area (Å²) in [5, 5.41) is 19.3. The van der Waals surface area contributed by atoms with Gasteiger partial charge in [0, 0.05) is 18.7 Å². The van der Waals surface area contributed by atoms with Crippen LogP contribution in [0.15, 0.2) is 54.6 Å². The average Bonchev–Trinajstić information content (AvgIpc) is 2.89. The molecule has 208 valence electrons. The van der Waals surface area contributed by atoms with Gasteiger partial charge < -0.3 is 25.8 Å². The summed E-state index contributed by atoms with van der Waals surface area (Å²) in [6, 6.07) is 12.5. The number of nitrogens with one attached hydrogen (secondary N) is 3. The highest BCUT2D eigenvalue weighted by atomic mass is 16.5. The zero-order valence-electron chi connectivity index (χ0n) is 23.4. The molecule has 0 radical (unpaired) electrons. The Kier molecular flexibility index (Phi) is 14.0. The number of ether oxygens (including phenoxy) is 1. The van der Waals surface area contributed by atoms with Crippen LogP contribution in [0.1, 0.15) is 70.4 Å². The van der Waals surface area contributed by atoms with Crippen LogP contribution in [0, 0.1) is 12.8 Å². The van der Waals surface area contributed by atoms with Gasteiger partial charge in [-0.2, -0.15) is 0 Å². The minimum absolute atomic E-state index is 0.0303. The van der Waals surface area contributed by atoms with E-state index in [1.54, 1.807) is 18.2 Å². The third-order valence-corrected chi connectivity index (χ3v) is 6.13. The summed E-state index contributed by atoms with van der Waals surface area (Å²) < 4.78 is 5.77. The van der Waals surface area contributed by atoms with Crippen molar-refractivity contribution >= 4 is 17.5 Å². The first kappa shape index (κ1) is 30.9. The number of benzene rings is 2. The van der Waals surface area contributed by atoms with Crippen molar-refractivity contribution in [1.29, 1.82) is 0 Å². The Bertz CT molecular complexity index is 1040. The molecular formula is C31H45N3O4. The normalized spacial score (nSPS) is 12.0.